The maximum atomic E-state index is 10.8. The lowest BCUT2D eigenvalue weighted by molar-refractivity contribution is 0.124. The first kappa shape index (κ1) is 13.3. The zero-order valence-corrected chi connectivity index (χ0v) is 10.9. The molecule has 1 amide bonds. The second-order valence-corrected chi connectivity index (χ2v) is 5.28. The van der Waals surface area contributed by atoms with Gasteiger partial charge in [0, 0.05) is 19.1 Å². The number of aliphatic hydroxyl groups excluding tert-OH is 1. The molecule has 1 atom stereocenters. The molecule has 18 heavy (non-hydrogen) atoms. The Kier molecular flexibility index (Phi) is 4.57. The lowest BCUT2D eigenvalue weighted by Gasteiger charge is -2.32. The van der Waals surface area contributed by atoms with Crippen molar-refractivity contribution >= 4 is 17.4 Å². The Morgan fingerprint density at radius 1 is 1.56 bits per heavy atom. The summed E-state index contributed by atoms with van der Waals surface area (Å²) < 4.78 is 0. The van der Waals surface area contributed by atoms with E-state index in [1.165, 1.54) is 4.90 Å². The lowest BCUT2D eigenvalue weighted by Crippen LogP contribution is -2.45. The van der Waals surface area contributed by atoms with Gasteiger partial charge >= 0.3 is 6.09 Å². The van der Waals surface area contributed by atoms with Gasteiger partial charge in [-0.1, -0.05) is 0 Å². The second-order valence-electron chi connectivity index (χ2n) is 4.50. The van der Waals surface area contributed by atoms with E-state index in [1.807, 2.05) is 16.8 Å². The highest BCUT2D eigenvalue weighted by Gasteiger charge is 2.24. The van der Waals surface area contributed by atoms with Crippen LogP contribution in [0.2, 0.25) is 0 Å². The summed E-state index contributed by atoms with van der Waals surface area (Å²) >= 11 is 1.61. The third kappa shape index (κ3) is 3.22. The molecule has 1 saturated heterocycles. The average molecular weight is 270 g/mol. The van der Waals surface area contributed by atoms with Crippen molar-refractivity contribution in [2.24, 2.45) is 0 Å². The Morgan fingerprint density at radius 3 is 2.78 bits per heavy atom. The van der Waals surface area contributed by atoms with Gasteiger partial charge < -0.3 is 20.4 Å². The smallest absolute Gasteiger partial charge is 0.407 e. The minimum Gasteiger partial charge on any atom is -0.465 e. The number of nitrogens with one attached hydrogen (secondary N) is 1. The highest BCUT2D eigenvalue weighted by Crippen LogP contribution is 2.19. The quantitative estimate of drug-likeness (QED) is 0.775. The van der Waals surface area contributed by atoms with Crippen LogP contribution in [-0.4, -0.2) is 46.9 Å². The monoisotopic (exact) mass is 270 g/mol. The normalized spacial score (nSPS) is 18.8. The maximum absolute atomic E-state index is 10.8. The first-order valence-corrected chi connectivity index (χ1v) is 7.02. The van der Waals surface area contributed by atoms with Gasteiger partial charge in [0.05, 0.1) is 12.6 Å². The van der Waals surface area contributed by atoms with Gasteiger partial charge in [0.15, 0.2) is 0 Å². The van der Waals surface area contributed by atoms with E-state index in [4.69, 9.17) is 5.11 Å². The molecule has 100 valence electrons. The molecular weight excluding hydrogens is 252 g/mol. The standard InChI is InChI=1S/C12H18N2O3S/c15-7-11(9-3-6-18-8-9)13-10-1-4-14(5-2-10)12(16)17/h3,6,8,10-11,13,15H,1-2,4-5,7H2,(H,16,17)/t11-/m0/s1. The molecule has 2 heterocycles. The first-order valence-electron chi connectivity index (χ1n) is 6.07. The third-order valence-electron chi connectivity index (χ3n) is 3.33. The average Bonchev–Trinajstić information content (AvgIpc) is 2.90. The number of rotatable bonds is 4. The molecule has 1 aliphatic rings. The number of nitrogens with zero attached hydrogens (tertiary/aromatic N) is 1. The van der Waals surface area contributed by atoms with Gasteiger partial charge in [-0.2, -0.15) is 11.3 Å². The number of likely N-dealkylation sites (tertiary alicyclic amines) is 1. The van der Waals surface area contributed by atoms with Crippen LogP contribution in [0.15, 0.2) is 16.8 Å². The van der Waals surface area contributed by atoms with Crippen molar-refractivity contribution < 1.29 is 15.0 Å². The highest BCUT2D eigenvalue weighted by molar-refractivity contribution is 7.07. The lowest BCUT2D eigenvalue weighted by atomic mass is 10.0. The summed E-state index contributed by atoms with van der Waals surface area (Å²) in [6.07, 6.45) is 0.754. The van der Waals surface area contributed by atoms with Crippen LogP contribution in [0, 0.1) is 0 Å². The number of hydrogen-bond acceptors (Lipinski definition) is 4. The minimum absolute atomic E-state index is 0.0439. The van der Waals surface area contributed by atoms with Gasteiger partial charge in [-0.05, 0) is 35.2 Å². The molecule has 0 aromatic carbocycles. The van der Waals surface area contributed by atoms with Gasteiger partial charge in [-0.15, -0.1) is 0 Å². The fourth-order valence-corrected chi connectivity index (χ4v) is 2.96. The van der Waals surface area contributed by atoms with Crippen LogP contribution in [-0.2, 0) is 0 Å². The Balaban J connectivity index is 1.85. The van der Waals surface area contributed by atoms with Gasteiger partial charge in [0.25, 0.3) is 0 Å². The number of amides is 1. The molecule has 0 unspecified atom stereocenters. The molecular formula is C12H18N2O3S. The fourth-order valence-electron chi connectivity index (χ4n) is 2.25. The summed E-state index contributed by atoms with van der Waals surface area (Å²) in [7, 11) is 0. The van der Waals surface area contributed by atoms with Crippen molar-refractivity contribution in [1.29, 1.82) is 0 Å². The maximum Gasteiger partial charge on any atom is 0.407 e. The van der Waals surface area contributed by atoms with Gasteiger partial charge in [-0.25, -0.2) is 4.79 Å². The summed E-state index contributed by atoms with van der Waals surface area (Å²) in [6.45, 7) is 1.19. The number of aliphatic hydroxyl groups is 1. The summed E-state index contributed by atoms with van der Waals surface area (Å²) in [4.78, 5) is 12.2. The van der Waals surface area contributed by atoms with Crippen molar-refractivity contribution in [1.82, 2.24) is 10.2 Å². The van der Waals surface area contributed by atoms with E-state index < -0.39 is 6.09 Å². The van der Waals surface area contributed by atoms with E-state index >= 15 is 0 Å². The van der Waals surface area contributed by atoms with Crippen LogP contribution >= 0.6 is 11.3 Å². The first-order chi connectivity index (χ1) is 8.70. The van der Waals surface area contributed by atoms with E-state index in [9.17, 15) is 9.90 Å². The SMILES string of the molecule is O=C(O)N1CCC(N[C@@H](CO)c2ccsc2)CC1. The highest BCUT2D eigenvalue weighted by atomic mass is 32.1. The number of carbonyl (C=O) groups is 1. The molecule has 0 radical (unpaired) electrons. The summed E-state index contributed by atoms with van der Waals surface area (Å²) in [5.74, 6) is 0. The molecule has 1 aliphatic heterocycles. The number of carboxylic acid groups (broad SMARTS) is 1. The molecule has 6 heteroatoms. The summed E-state index contributed by atoms with van der Waals surface area (Å²) in [6, 6.07) is 2.24. The van der Waals surface area contributed by atoms with E-state index in [0.717, 1.165) is 18.4 Å². The Bertz CT molecular complexity index is 375. The predicted octanol–water partition coefficient (Wildman–Crippen LogP) is 1.51. The van der Waals surface area contributed by atoms with E-state index in [0.29, 0.717) is 13.1 Å². The minimum atomic E-state index is -0.843. The van der Waals surface area contributed by atoms with Crippen molar-refractivity contribution in [2.75, 3.05) is 19.7 Å². The molecule has 1 aromatic rings. The molecule has 5 nitrogen and oxygen atoms in total. The molecule has 3 N–H and O–H groups in total. The van der Waals surface area contributed by atoms with E-state index in [1.54, 1.807) is 11.3 Å². The zero-order valence-electron chi connectivity index (χ0n) is 10.1. The molecule has 1 fully saturated rings. The number of thiophene rings is 1. The van der Waals surface area contributed by atoms with Crippen molar-refractivity contribution in [3.05, 3.63) is 22.4 Å². The van der Waals surface area contributed by atoms with Crippen LogP contribution < -0.4 is 5.32 Å². The van der Waals surface area contributed by atoms with Crippen molar-refractivity contribution in [2.45, 2.75) is 24.9 Å². The van der Waals surface area contributed by atoms with E-state index in [-0.39, 0.29) is 18.7 Å². The molecule has 0 saturated carbocycles. The Hall–Kier alpha value is -1.11. The van der Waals surface area contributed by atoms with Crippen LogP contribution in [0.3, 0.4) is 0 Å². The predicted molar refractivity (Wildman–Crippen MR) is 69.9 cm³/mol. The Labute approximate surface area is 110 Å². The van der Waals surface area contributed by atoms with Crippen LogP contribution in [0.4, 0.5) is 4.79 Å². The number of piperidine rings is 1. The Morgan fingerprint density at radius 2 is 2.28 bits per heavy atom. The third-order valence-corrected chi connectivity index (χ3v) is 4.03. The molecule has 0 aliphatic carbocycles. The summed E-state index contributed by atoms with van der Waals surface area (Å²) in [5.41, 5.74) is 1.10. The topological polar surface area (TPSA) is 72.8 Å². The van der Waals surface area contributed by atoms with Crippen LogP contribution in [0.1, 0.15) is 24.4 Å². The molecule has 2 rings (SSSR count). The second kappa shape index (κ2) is 6.17. The van der Waals surface area contributed by atoms with Crippen LogP contribution in [0.5, 0.6) is 0 Å². The van der Waals surface area contributed by atoms with Gasteiger partial charge in [0.1, 0.15) is 0 Å². The van der Waals surface area contributed by atoms with E-state index in [2.05, 4.69) is 5.32 Å². The summed E-state index contributed by atoms with van der Waals surface area (Å²) in [5, 5.41) is 25.7. The molecule has 1 aromatic heterocycles. The van der Waals surface area contributed by atoms with Crippen LogP contribution in [0.25, 0.3) is 0 Å². The molecule has 0 bridgehead atoms. The van der Waals surface area contributed by atoms with Crippen molar-refractivity contribution in [3.8, 4) is 0 Å². The largest absolute Gasteiger partial charge is 0.465 e. The fraction of sp³-hybridized carbons (Fsp3) is 0.583. The number of hydrogen-bond donors (Lipinski definition) is 3. The van der Waals surface area contributed by atoms with Crippen molar-refractivity contribution in [3.63, 3.8) is 0 Å². The molecule has 0 spiro atoms. The van der Waals surface area contributed by atoms with Gasteiger partial charge in [-0.3, -0.25) is 0 Å². The van der Waals surface area contributed by atoms with Gasteiger partial charge in [0.2, 0.25) is 0 Å². The zero-order chi connectivity index (χ0) is 13.0.